The topological polar surface area (TPSA) is 25.8 Å². The Labute approximate surface area is 294 Å². The Morgan fingerprint density at radius 1 is 0.660 bits per heavy atom. The molecule has 8 rings (SSSR count). The van der Waals surface area contributed by atoms with Gasteiger partial charge in [0.1, 0.15) is 0 Å². The Balaban J connectivity index is 0.000000171. The minimum atomic E-state index is 0. The number of thiophene rings is 1. The molecular weight excluding hydrogens is 769 g/mol. The van der Waals surface area contributed by atoms with Gasteiger partial charge in [-0.1, -0.05) is 103 Å². The molecule has 0 aliphatic heterocycles. The Kier molecular flexibility index (Phi) is 10.1. The number of hydrogen-bond donors (Lipinski definition) is 0. The van der Waals surface area contributed by atoms with Gasteiger partial charge in [-0.25, -0.2) is 0 Å². The smallest absolute Gasteiger partial charge is 0.0239 e. The van der Waals surface area contributed by atoms with E-state index in [0.717, 1.165) is 28.9 Å². The molecule has 0 N–H and O–H groups in total. The first-order valence-electron chi connectivity index (χ1n) is 15.4. The maximum Gasteiger partial charge on any atom is 0.0239 e. The van der Waals surface area contributed by atoms with Crippen molar-refractivity contribution in [2.75, 3.05) is 0 Å². The summed E-state index contributed by atoms with van der Waals surface area (Å²) in [4.78, 5) is 9.18. The first-order chi connectivity index (χ1) is 22.6. The zero-order valence-electron chi connectivity index (χ0n) is 26.2. The molecule has 3 aromatic heterocycles. The van der Waals surface area contributed by atoms with E-state index in [1.807, 2.05) is 54.1 Å². The number of aromatic nitrogens is 2. The van der Waals surface area contributed by atoms with Crippen LogP contribution >= 0.6 is 11.3 Å². The Morgan fingerprint density at radius 3 is 2.19 bits per heavy atom. The molecule has 0 saturated heterocycles. The van der Waals surface area contributed by atoms with E-state index in [9.17, 15) is 0 Å². The average Bonchev–Trinajstić information content (AvgIpc) is 3.51. The van der Waals surface area contributed by atoms with E-state index in [4.69, 9.17) is 0 Å². The fraction of sp³-hybridized carbons (Fsp3) is 0.0698. The predicted molar refractivity (Wildman–Crippen MR) is 194 cm³/mol. The van der Waals surface area contributed by atoms with Crippen molar-refractivity contribution < 1.29 is 20.1 Å². The summed E-state index contributed by atoms with van der Waals surface area (Å²) in [6, 6.07) is 52.8. The maximum absolute atomic E-state index is 4.68. The van der Waals surface area contributed by atoms with Gasteiger partial charge in [-0.05, 0) is 74.8 Å². The van der Waals surface area contributed by atoms with Gasteiger partial charge in [-0.2, -0.15) is 11.3 Å². The van der Waals surface area contributed by atoms with Gasteiger partial charge in [0, 0.05) is 37.2 Å². The molecular formula is C43H32IrN2S-2. The molecule has 8 aromatic rings. The van der Waals surface area contributed by atoms with E-state index >= 15 is 0 Å². The summed E-state index contributed by atoms with van der Waals surface area (Å²) in [5, 5.41) is 2.66. The molecule has 0 bridgehead atoms. The normalized spacial score (nSPS) is 10.7. The van der Waals surface area contributed by atoms with Gasteiger partial charge in [-0.15, -0.1) is 59.2 Å². The molecule has 2 nitrogen and oxygen atoms in total. The van der Waals surface area contributed by atoms with Crippen molar-refractivity contribution in [3.63, 3.8) is 0 Å². The third-order valence-corrected chi connectivity index (χ3v) is 9.34. The van der Waals surface area contributed by atoms with Gasteiger partial charge >= 0.3 is 0 Å². The summed E-state index contributed by atoms with van der Waals surface area (Å²) in [5.74, 6) is 0. The monoisotopic (exact) mass is 801 g/mol. The SMILES string of the molecule is Cc1c[c-]c(-c2cc(Cc3ccccc3)ccn2)c2sc3ccccc3c12.Cc1cnc(-c2[c-]cccc2)cc1-c1ccccc1.[Ir]. The molecule has 47 heavy (non-hydrogen) atoms. The van der Waals surface area contributed by atoms with E-state index in [-0.39, 0.29) is 20.1 Å². The van der Waals surface area contributed by atoms with E-state index in [0.29, 0.717) is 0 Å². The molecule has 231 valence electrons. The largest absolute Gasteiger partial charge is 0.305 e. The second-order valence-electron chi connectivity index (χ2n) is 11.4. The summed E-state index contributed by atoms with van der Waals surface area (Å²) < 4.78 is 2.59. The Hall–Kier alpha value is -4.73. The van der Waals surface area contributed by atoms with Crippen molar-refractivity contribution in [2.45, 2.75) is 20.3 Å². The third-order valence-electron chi connectivity index (χ3n) is 8.15. The Morgan fingerprint density at radius 2 is 1.40 bits per heavy atom. The summed E-state index contributed by atoms with van der Waals surface area (Å²) >= 11 is 1.84. The molecule has 3 heterocycles. The van der Waals surface area contributed by atoms with Crippen LogP contribution in [0.4, 0.5) is 0 Å². The van der Waals surface area contributed by atoms with E-state index < -0.39 is 0 Å². The molecule has 0 aliphatic rings. The number of benzene rings is 5. The van der Waals surface area contributed by atoms with Crippen LogP contribution in [0.15, 0.2) is 146 Å². The minimum Gasteiger partial charge on any atom is -0.305 e. The van der Waals surface area contributed by atoms with Gasteiger partial charge in [-0.3, -0.25) is 0 Å². The van der Waals surface area contributed by atoms with Crippen molar-refractivity contribution in [3.8, 4) is 33.6 Å². The van der Waals surface area contributed by atoms with Crippen LogP contribution in [0, 0.1) is 26.0 Å². The summed E-state index contributed by atoms with van der Waals surface area (Å²) in [5.41, 5.74) is 11.6. The standard InChI is InChI=1S/C25H18NS.C18H14N.Ir/c1-17-11-12-20(25-24(17)21-9-5-6-10-23(21)27-25)22-16-19(13-14-26-22)15-18-7-3-2-4-8-18;1-14-13-19-18(16-10-6-3-7-11-16)12-17(14)15-8-4-2-5-9-15;/h2-11,13-14,16H,15H2,1H3;2-10,12-13H,1H3;/q2*-1;. The van der Waals surface area contributed by atoms with Gasteiger partial charge in [0.05, 0.1) is 0 Å². The van der Waals surface area contributed by atoms with Gasteiger partial charge < -0.3 is 9.97 Å². The molecule has 4 heteroatoms. The van der Waals surface area contributed by atoms with Crippen LogP contribution in [0.5, 0.6) is 0 Å². The van der Waals surface area contributed by atoms with Crippen molar-refractivity contribution in [1.82, 2.24) is 9.97 Å². The maximum atomic E-state index is 4.68. The summed E-state index contributed by atoms with van der Waals surface area (Å²) in [6.45, 7) is 4.26. The van der Waals surface area contributed by atoms with Crippen molar-refractivity contribution in [1.29, 1.82) is 0 Å². The van der Waals surface area contributed by atoms with E-state index in [1.54, 1.807) is 0 Å². The number of nitrogens with zero attached hydrogens (tertiary/aromatic N) is 2. The molecule has 1 radical (unpaired) electrons. The molecule has 5 aromatic carbocycles. The van der Waals surface area contributed by atoms with Crippen LogP contribution < -0.4 is 0 Å². The fourth-order valence-corrected chi connectivity index (χ4v) is 7.11. The van der Waals surface area contributed by atoms with Crippen LogP contribution in [-0.2, 0) is 26.5 Å². The number of fused-ring (bicyclic) bond motifs is 3. The second-order valence-corrected chi connectivity index (χ2v) is 12.4. The summed E-state index contributed by atoms with van der Waals surface area (Å²) in [7, 11) is 0. The van der Waals surface area contributed by atoms with Crippen LogP contribution in [-0.4, -0.2) is 9.97 Å². The zero-order valence-corrected chi connectivity index (χ0v) is 29.4. The number of hydrogen-bond acceptors (Lipinski definition) is 3. The molecule has 0 unspecified atom stereocenters. The molecule has 0 saturated carbocycles. The quantitative estimate of drug-likeness (QED) is 0.162. The minimum absolute atomic E-state index is 0. The van der Waals surface area contributed by atoms with Crippen LogP contribution in [0.3, 0.4) is 0 Å². The van der Waals surface area contributed by atoms with E-state index in [1.165, 1.54) is 53.6 Å². The molecule has 0 aliphatic carbocycles. The van der Waals surface area contributed by atoms with Crippen LogP contribution in [0.2, 0.25) is 0 Å². The first kappa shape index (κ1) is 32.2. The van der Waals surface area contributed by atoms with Gasteiger partial charge in [0.15, 0.2) is 0 Å². The Bertz CT molecular complexity index is 2240. The molecule has 0 amide bonds. The van der Waals surface area contributed by atoms with Crippen molar-refractivity contribution >= 4 is 31.5 Å². The number of rotatable bonds is 5. The van der Waals surface area contributed by atoms with Gasteiger partial charge in [0.2, 0.25) is 0 Å². The second kappa shape index (κ2) is 14.8. The predicted octanol–water partition coefficient (Wildman–Crippen LogP) is 11.3. The van der Waals surface area contributed by atoms with Crippen molar-refractivity contribution in [3.05, 3.63) is 180 Å². The fourth-order valence-electron chi connectivity index (χ4n) is 5.83. The van der Waals surface area contributed by atoms with Crippen molar-refractivity contribution in [2.24, 2.45) is 0 Å². The van der Waals surface area contributed by atoms with Gasteiger partial charge in [0.25, 0.3) is 0 Å². The number of aryl methyl sites for hydroxylation is 2. The third kappa shape index (κ3) is 7.16. The zero-order chi connectivity index (χ0) is 31.3. The molecule has 0 spiro atoms. The number of pyridine rings is 2. The molecule has 0 atom stereocenters. The van der Waals surface area contributed by atoms with Crippen LogP contribution in [0.25, 0.3) is 53.8 Å². The first-order valence-corrected chi connectivity index (χ1v) is 16.3. The summed E-state index contributed by atoms with van der Waals surface area (Å²) in [6.07, 6.45) is 4.76. The van der Waals surface area contributed by atoms with E-state index in [2.05, 4.69) is 139 Å². The molecule has 0 fully saturated rings. The average molecular weight is 801 g/mol. The van der Waals surface area contributed by atoms with Crippen LogP contribution in [0.1, 0.15) is 22.3 Å².